The van der Waals surface area contributed by atoms with Crippen LogP contribution in [0.25, 0.3) is 0 Å². The molecule has 2 aliphatic carbocycles. The Morgan fingerprint density at radius 2 is 1.79 bits per heavy atom. The maximum absolute atomic E-state index is 13.7. The molecule has 1 aliphatic heterocycles. The molecule has 0 radical (unpaired) electrons. The van der Waals surface area contributed by atoms with Gasteiger partial charge in [0.2, 0.25) is 0 Å². The van der Waals surface area contributed by atoms with Crippen molar-refractivity contribution in [2.45, 2.75) is 109 Å². The summed E-state index contributed by atoms with van der Waals surface area (Å²) < 4.78 is 6.07. The molecule has 1 saturated carbocycles. The summed E-state index contributed by atoms with van der Waals surface area (Å²) in [5.41, 5.74) is 17.8. The van der Waals surface area contributed by atoms with E-state index in [0.29, 0.717) is 59.4 Å². The van der Waals surface area contributed by atoms with Crippen LogP contribution in [0.3, 0.4) is 0 Å². The molecule has 7 N–H and O–H groups in total. The lowest BCUT2D eigenvalue weighted by atomic mass is 9.80. The van der Waals surface area contributed by atoms with Crippen molar-refractivity contribution in [1.29, 1.82) is 0 Å². The number of rotatable bonds is 16. The number of hydrogen-bond donors (Lipinski definition) is 5. The van der Waals surface area contributed by atoms with E-state index in [1.165, 1.54) is 12.8 Å². The fraction of sp³-hybridized carbons (Fsp3) is 0.404. The van der Waals surface area contributed by atoms with Gasteiger partial charge in [-0.15, -0.1) is 5.76 Å². The molecule has 0 aromatic heterocycles. The second-order valence-corrected chi connectivity index (χ2v) is 15.6. The number of fused-ring (bicyclic) bond motifs is 2. The fourth-order valence-corrected chi connectivity index (χ4v) is 8.13. The summed E-state index contributed by atoms with van der Waals surface area (Å²) in [6.07, 6.45) is 16.6. The first-order chi connectivity index (χ1) is 27.0. The number of benzene rings is 3. The summed E-state index contributed by atoms with van der Waals surface area (Å²) in [6, 6.07) is 16.1. The number of aliphatic hydroxyl groups is 1. The molecule has 0 amide bonds. The van der Waals surface area contributed by atoms with E-state index in [2.05, 4.69) is 22.9 Å². The Morgan fingerprint density at radius 1 is 1.02 bits per heavy atom. The van der Waals surface area contributed by atoms with Crippen LogP contribution in [0.1, 0.15) is 123 Å². The molecule has 56 heavy (non-hydrogen) atoms. The van der Waals surface area contributed by atoms with E-state index in [1.807, 2.05) is 43.3 Å². The Morgan fingerprint density at radius 3 is 2.55 bits per heavy atom. The number of phenols is 2. The van der Waals surface area contributed by atoms with Gasteiger partial charge in [-0.25, -0.2) is 0 Å². The Kier molecular flexibility index (Phi) is 13.5. The van der Waals surface area contributed by atoms with Crippen LogP contribution in [-0.2, 0) is 17.6 Å². The summed E-state index contributed by atoms with van der Waals surface area (Å²) in [5.74, 6) is 6.30. The smallest absolute Gasteiger partial charge is 0.161 e. The Labute approximate surface area is 330 Å². The molecule has 0 spiro atoms. The third-order valence-electron chi connectivity index (χ3n) is 11.4. The highest BCUT2D eigenvalue weighted by atomic mass is 16.5. The summed E-state index contributed by atoms with van der Waals surface area (Å²) in [4.78, 5) is 17.3. The Bertz CT molecular complexity index is 2080. The second-order valence-electron chi connectivity index (χ2n) is 15.6. The molecule has 9 nitrogen and oxygen atoms in total. The summed E-state index contributed by atoms with van der Waals surface area (Å²) in [5, 5.41) is 45.1. The lowest BCUT2D eigenvalue weighted by molar-refractivity contribution is -0.307. The van der Waals surface area contributed by atoms with Gasteiger partial charge in [0.05, 0.1) is 31.0 Å². The molecule has 0 saturated heterocycles. The normalized spacial score (nSPS) is 18.0. The highest BCUT2D eigenvalue weighted by Gasteiger charge is 2.31. The lowest BCUT2D eigenvalue weighted by Crippen LogP contribution is -2.21. The topological polar surface area (TPSA) is 174 Å². The number of aliphatic imine (C=N–C) groups is 1. The van der Waals surface area contributed by atoms with Crippen molar-refractivity contribution < 1.29 is 30.0 Å². The predicted octanol–water partition coefficient (Wildman–Crippen LogP) is 7.05. The number of ketones is 1. The minimum atomic E-state index is -0.695. The molecule has 2 atom stereocenters. The van der Waals surface area contributed by atoms with Gasteiger partial charge in [0.15, 0.2) is 17.3 Å². The average molecular weight is 757 g/mol. The van der Waals surface area contributed by atoms with E-state index in [4.69, 9.17) is 16.2 Å². The quantitative estimate of drug-likeness (QED) is 0.0447. The summed E-state index contributed by atoms with van der Waals surface area (Å²) in [6.45, 7) is 2.07. The van der Waals surface area contributed by atoms with E-state index in [-0.39, 0.29) is 47.6 Å². The van der Waals surface area contributed by atoms with Crippen molar-refractivity contribution in [3.05, 3.63) is 124 Å². The standard InChI is InChI=1S/C47H55N3O6/c1-31(51)7-2-3-21-47(22-4-5-23-47)24-18-36(52)14-10-32-12-17-43(54)45(28-32)56-26-20-33-11-16-42(53)40(27-33)39-30-44(55)38-19-25-50-41(38)9-6-8-34-29-35(46(48)49)13-15-37(34)39/h11-13,15-19,24-25,27-29,31,39,46,51,53-55H,2-5,7,9-10,14,20-23,26,30,48-49H2,1H3/p-1. The van der Waals surface area contributed by atoms with Crippen molar-refractivity contribution >= 4 is 11.5 Å². The van der Waals surface area contributed by atoms with Gasteiger partial charge in [0, 0.05) is 36.1 Å². The molecule has 1 fully saturated rings. The molecule has 294 valence electrons. The van der Waals surface area contributed by atoms with E-state index in [9.17, 15) is 25.2 Å². The van der Waals surface area contributed by atoms with Gasteiger partial charge >= 0.3 is 0 Å². The molecule has 3 aromatic carbocycles. The van der Waals surface area contributed by atoms with Crippen LogP contribution in [-0.4, -0.2) is 39.5 Å². The highest BCUT2D eigenvalue weighted by molar-refractivity contribution is 6.06. The SMILES string of the molecule is CC(O)CCCCC1(C=CC(=O)CCc2ccc(O)c(OCCc3ccc(O)c(C4CC([O-])=C5C=CN=C5CC#Cc5cc(C(N)N)ccc54)c3)c2)CCCC1. The Balaban J connectivity index is 1.12. The van der Waals surface area contributed by atoms with Crippen LogP contribution in [0.2, 0.25) is 0 Å². The molecular weight excluding hydrogens is 703 g/mol. The van der Waals surface area contributed by atoms with Gasteiger partial charge < -0.3 is 36.6 Å². The van der Waals surface area contributed by atoms with Gasteiger partial charge in [-0.05, 0) is 115 Å². The van der Waals surface area contributed by atoms with Gasteiger partial charge in [0.1, 0.15) is 5.75 Å². The molecule has 0 bridgehead atoms. The molecule has 9 heteroatoms. The zero-order valence-corrected chi connectivity index (χ0v) is 32.3. The minimum Gasteiger partial charge on any atom is -0.875 e. The van der Waals surface area contributed by atoms with E-state index in [1.54, 1.807) is 36.6 Å². The van der Waals surface area contributed by atoms with Crippen LogP contribution in [0, 0.1) is 17.3 Å². The first-order valence-corrected chi connectivity index (χ1v) is 19.9. The van der Waals surface area contributed by atoms with Gasteiger partial charge in [-0.3, -0.25) is 9.79 Å². The maximum atomic E-state index is 13.7. The number of carbonyl (C=O) groups is 1. The number of nitrogens with two attached hydrogens (primary N) is 2. The highest BCUT2D eigenvalue weighted by Crippen LogP contribution is 2.44. The van der Waals surface area contributed by atoms with Crippen molar-refractivity contribution in [3.63, 3.8) is 0 Å². The molecule has 3 aromatic rings. The largest absolute Gasteiger partial charge is 0.875 e. The molecule has 3 aliphatic rings. The molecular formula is C47H54N3O6-. The number of unbranched alkanes of at least 4 members (excludes halogenated alkanes) is 1. The van der Waals surface area contributed by atoms with Gasteiger partial charge in [-0.2, -0.15) is 0 Å². The van der Waals surface area contributed by atoms with Gasteiger partial charge in [0.25, 0.3) is 0 Å². The van der Waals surface area contributed by atoms with Crippen molar-refractivity contribution in [1.82, 2.24) is 0 Å². The zero-order chi connectivity index (χ0) is 39.7. The number of aryl methyl sites for hydroxylation is 1. The minimum absolute atomic E-state index is 0.0146. The number of aromatic hydroxyl groups is 2. The van der Waals surface area contributed by atoms with Gasteiger partial charge in [-0.1, -0.05) is 73.9 Å². The monoisotopic (exact) mass is 756 g/mol. The maximum Gasteiger partial charge on any atom is 0.161 e. The number of phenolic OH excluding ortho intramolecular Hbond substituents is 2. The fourth-order valence-electron chi connectivity index (χ4n) is 8.13. The van der Waals surface area contributed by atoms with Crippen molar-refractivity contribution in [2.75, 3.05) is 6.61 Å². The van der Waals surface area contributed by atoms with Crippen LogP contribution >= 0.6 is 0 Å². The summed E-state index contributed by atoms with van der Waals surface area (Å²) in [7, 11) is 0. The first-order valence-electron chi connectivity index (χ1n) is 19.9. The summed E-state index contributed by atoms with van der Waals surface area (Å²) >= 11 is 0. The number of allylic oxidation sites excluding steroid dienone is 5. The zero-order valence-electron chi connectivity index (χ0n) is 32.3. The van der Waals surface area contributed by atoms with Crippen LogP contribution in [0.5, 0.6) is 17.2 Å². The average Bonchev–Trinajstić information content (AvgIpc) is 3.86. The third-order valence-corrected chi connectivity index (χ3v) is 11.4. The number of aliphatic hydroxyl groups excluding tert-OH is 1. The Hall–Kier alpha value is -5.14. The van der Waals surface area contributed by atoms with Crippen molar-refractivity contribution in [2.24, 2.45) is 21.9 Å². The van der Waals surface area contributed by atoms with Crippen LogP contribution < -0.4 is 21.3 Å². The third kappa shape index (κ3) is 10.4. The van der Waals surface area contributed by atoms with E-state index >= 15 is 0 Å². The number of nitrogens with zero attached hydrogens (tertiary/aromatic N) is 1. The lowest BCUT2D eigenvalue weighted by Gasteiger charge is -2.27. The number of hydrogen-bond acceptors (Lipinski definition) is 9. The van der Waals surface area contributed by atoms with E-state index in [0.717, 1.165) is 55.2 Å². The molecule has 2 unspecified atom stereocenters. The van der Waals surface area contributed by atoms with Crippen LogP contribution in [0.4, 0.5) is 0 Å². The number of carbonyl (C=O) groups excluding carboxylic acids is 1. The van der Waals surface area contributed by atoms with Crippen molar-refractivity contribution in [3.8, 4) is 29.1 Å². The predicted molar refractivity (Wildman–Crippen MR) is 218 cm³/mol. The number of ether oxygens (including phenoxy) is 1. The second kappa shape index (κ2) is 18.7. The van der Waals surface area contributed by atoms with Crippen LogP contribution in [0.15, 0.2) is 95.3 Å². The molecule has 6 rings (SSSR count). The molecule has 1 heterocycles. The van der Waals surface area contributed by atoms with E-state index < -0.39 is 12.1 Å². The first kappa shape index (κ1) is 40.5.